The largest absolute Gasteiger partial charge is 0.480 e. The van der Waals surface area contributed by atoms with Crippen LogP contribution in [0.5, 0.6) is 0 Å². The number of thioether (sulfide) groups is 1. The van der Waals surface area contributed by atoms with Crippen molar-refractivity contribution in [2.45, 2.75) is 23.3 Å². The maximum Gasteiger partial charge on any atom is 0.329 e. The third kappa shape index (κ3) is 2.33. The Kier molecular flexibility index (Phi) is 3.30. The number of hydrogen-bond acceptors (Lipinski definition) is 3. The fourth-order valence-electron chi connectivity index (χ4n) is 1.61. The fraction of sp³-hybridized carbons (Fsp3) is 0.333. The summed E-state index contributed by atoms with van der Waals surface area (Å²) in [6.45, 7) is 0. The monoisotopic (exact) mass is 269 g/mol. The summed E-state index contributed by atoms with van der Waals surface area (Å²) in [5.74, 6) is -1.90. The Balaban J connectivity index is 2.17. The molecule has 1 fully saturated rings. The van der Waals surface area contributed by atoms with Gasteiger partial charge in [0.25, 0.3) is 5.91 Å². The van der Waals surface area contributed by atoms with Crippen LogP contribution in [-0.4, -0.2) is 28.8 Å². The molecule has 0 heterocycles. The quantitative estimate of drug-likeness (QED) is 0.819. The summed E-state index contributed by atoms with van der Waals surface area (Å²) < 4.78 is 13.3. The Hall–Kier alpha value is -1.56. The van der Waals surface area contributed by atoms with Crippen LogP contribution in [0, 0.1) is 5.82 Å². The van der Waals surface area contributed by atoms with Gasteiger partial charge in [-0.15, -0.1) is 11.8 Å². The van der Waals surface area contributed by atoms with Crippen molar-refractivity contribution in [3.8, 4) is 0 Å². The molecule has 0 atom stereocenters. The van der Waals surface area contributed by atoms with Gasteiger partial charge in [-0.3, -0.25) is 4.79 Å². The third-order valence-corrected chi connectivity index (χ3v) is 3.68. The molecule has 1 aliphatic rings. The van der Waals surface area contributed by atoms with Gasteiger partial charge >= 0.3 is 5.97 Å². The molecule has 1 amide bonds. The van der Waals surface area contributed by atoms with Crippen molar-refractivity contribution < 1.29 is 19.1 Å². The summed E-state index contributed by atoms with van der Waals surface area (Å²) >= 11 is 1.20. The second-order valence-corrected chi connectivity index (χ2v) is 5.04. The molecule has 0 saturated heterocycles. The number of hydrogen-bond donors (Lipinski definition) is 2. The zero-order valence-electron chi connectivity index (χ0n) is 9.70. The van der Waals surface area contributed by atoms with Crippen LogP contribution >= 0.6 is 11.8 Å². The zero-order valence-corrected chi connectivity index (χ0v) is 10.5. The average molecular weight is 269 g/mol. The molecule has 1 aromatic rings. The van der Waals surface area contributed by atoms with Gasteiger partial charge in [-0.1, -0.05) is 0 Å². The van der Waals surface area contributed by atoms with E-state index in [1.807, 2.05) is 0 Å². The van der Waals surface area contributed by atoms with Gasteiger partial charge in [0.1, 0.15) is 11.4 Å². The molecule has 2 N–H and O–H groups in total. The lowest BCUT2D eigenvalue weighted by molar-refractivity contribution is -0.140. The van der Waals surface area contributed by atoms with E-state index in [9.17, 15) is 14.0 Å². The molecular formula is C12H12FNO3S. The Morgan fingerprint density at radius 1 is 1.44 bits per heavy atom. The first-order chi connectivity index (χ1) is 8.48. The molecule has 0 aliphatic heterocycles. The Labute approximate surface area is 108 Å². The highest BCUT2D eigenvalue weighted by Gasteiger charge is 2.51. The SMILES string of the molecule is CSc1cc(C(=O)NC2(C(=O)O)CC2)ccc1F. The van der Waals surface area contributed by atoms with Crippen molar-refractivity contribution in [2.24, 2.45) is 0 Å². The van der Waals surface area contributed by atoms with Crippen molar-refractivity contribution in [2.75, 3.05) is 6.26 Å². The summed E-state index contributed by atoms with van der Waals surface area (Å²) in [7, 11) is 0. The second kappa shape index (κ2) is 4.61. The van der Waals surface area contributed by atoms with Crippen molar-refractivity contribution in [3.63, 3.8) is 0 Å². The molecule has 96 valence electrons. The number of halogens is 1. The van der Waals surface area contributed by atoms with Crippen LogP contribution in [0.3, 0.4) is 0 Å². The van der Waals surface area contributed by atoms with Gasteiger partial charge in [0, 0.05) is 10.5 Å². The first kappa shape index (κ1) is 12.9. The first-order valence-corrected chi connectivity index (χ1v) is 6.60. The molecule has 4 nitrogen and oxygen atoms in total. The van der Waals surface area contributed by atoms with Gasteiger partial charge in [-0.2, -0.15) is 0 Å². The lowest BCUT2D eigenvalue weighted by atomic mass is 10.2. The van der Waals surface area contributed by atoms with Gasteiger partial charge in [-0.05, 0) is 37.3 Å². The number of carbonyl (C=O) groups excluding carboxylic acids is 1. The van der Waals surface area contributed by atoms with E-state index in [1.54, 1.807) is 6.26 Å². The molecule has 0 bridgehead atoms. The number of rotatable bonds is 4. The number of benzene rings is 1. The van der Waals surface area contributed by atoms with Gasteiger partial charge in [0.2, 0.25) is 0 Å². The van der Waals surface area contributed by atoms with E-state index in [2.05, 4.69) is 5.32 Å². The molecule has 0 radical (unpaired) electrons. The van der Waals surface area contributed by atoms with E-state index in [0.29, 0.717) is 17.7 Å². The normalized spacial score (nSPS) is 16.1. The average Bonchev–Trinajstić information content (AvgIpc) is 3.10. The number of carboxylic acid groups (broad SMARTS) is 1. The zero-order chi connectivity index (χ0) is 13.3. The van der Waals surface area contributed by atoms with Crippen molar-refractivity contribution >= 4 is 23.6 Å². The van der Waals surface area contributed by atoms with Gasteiger partial charge in [0.15, 0.2) is 0 Å². The number of carboxylic acids is 1. The Bertz CT molecular complexity index is 514. The standard InChI is InChI=1S/C12H12FNO3S/c1-18-9-6-7(2-3-8(9)13)10(15)14-12(4-5-12)11(16)17/h2-3,6H,4-5H2,1H3,(H,14,15)(H,16,17). The highest BCUT2D eigenvalue weighted by Crippen LogP contribution is 2.35. The highest BCUT2D eigenvalue weighted by molar-refractivity contribution is 7.98. The van der Waals surface area contributed by atoms with Crippen LogP contribution in [0.4, 0.5) is 4.39 Å². The van der Waals surface area contributed by atoms with E-state index in [-0.39, 0.29) is 5.56 Å². The second-order valence-electron chi connectivity index (χ2n) is 4.19. The van der Waals surface area contributed by atoms with Crippen LogP contribution in [0.15, 0.2) is 23.1 Å². The molecular weight excluding hydrogens is 257 g/mol. The lowest BCUT2D eigenvalue weighted by Gasteiger charge is -2.12. The van der Waals surface area contributed by atoms with E-state index in [4.69, 9.17) is 5.11 Å². The minimum Gasteiger partial charge on any atom is -0.480 e. The molecule has 0 spiro atoms. The maximum atomic E-state index is 13.3. The van der Waals surface area contributed by atoms with E-state index in [1.165, 1.54) is 30.0 Å². The van der Waals surface area contributed by atoms with Crippen LogP contribution in [0.2, 0.25) is 0 Å². The van der Waals surface area contributed by atoms with Crippen molar-refractivity contribution in [1.82, 2.24) is 5.32 Å². The van der Waals surface area contributed by atoms with Crippen molar-refractivity contribution in [1.29, 1.82) is 0 Å². The molecule has 1 aromatic carbocycles. The molecule has 18 heavy (non-hydrogen) atoms. The number of nitrogens with one attached hydrogen (secondary N) is 1. The number of aliphatic carboxylic acids is 1. The van der Waals surface area contributed by atoms with Crippen LogP contribution < -0.4 is 5.32 Å². The minimum absolute atomic E-state index is 0.272. The minimum atomic E-state index is -1.12. The first-order valence-electron chi connectivity index (χ1n) is 5.38. The summed E-state index contributed by atoms with van der Waals surface area (Å²) in [5.41, 5.74) is -0.848. The van der Waals surface area contributed by atoms with Gasteiger partial charge in [-0.25, -0.2) is 9.18 Å². The lowest BCUT2D eigenvalue weighted by Crippen LogP contribution is -2.43. The third-order valence-electron chi connectivity index (χ3n) is 2.93. The van der Waals surface area contributed by atoms with Gasteiger partial charge < -0.3 is 10.4 Å². The Morgan fingerprint density at radius 2 is 2.11 bits per heavy atom. The van der Waals surface area contributed by atoms with Gasteiger partial charge in [0.05, 0.1) is 0 Å². The van der Waals surface area contributed by atoms with Crippen LogP contribution in [0.1, 0.15) is 23.2 Å². The predicted molar refractivity (Wildman–Crippen MR) is 65.2 cm³/mol. The number of amides is 1. The fourth-order valence-corrected chi connectivity index (χ4v) is 2.12. The smallest absolute Gasteiger partial charge is 0.329 e. The maximum absolute atomic E-state index is 13.3. The van der Waals surface area contributed by atoms with Crippen molar-refractivity contribution in [3.05, 3.63) is 29.6 Å². The molecule has 1 aliphatic carbocycles. The molecule has 0 unspecified atom stereocenters. The van der Waals surface area contributed by atoms with E-state index < -0.39 is 23.2 Å². The predicted octanol–water partition coefficient (Wildman–Crippen LogP) is 1.89. The summed E-state index contributed by atoms with van der Waals surface area (Å²) in [6.07, 6.45) is 2.58. The topological polar surface area (TPSA) is 66.4 Å². The molecule has 6 heteroatoms. The van der Waals surface area contributed by atoms with E-state index >= 15 is 0 Å². The highest BCUT2D eigenvalue weighted by atomic mass is 32.2. The Morgan fingerprint density at radius 3 is 2.61 bits per heavy atom. The summed E-state index contributed by atoms with van der Waals surface area (Å²) in [6, 6.07) is 3.98. The van der Waals surface area contributed by atoms with Crippen LogP contribution in [-0.2, 0) is 4.79 Å². The molecule has 0 aromatic heterocycles. The summed E-state index contributed by atoms with van der Waals surface area (Å²) in [5, 5.41) is 11.4. The molecule has 2 rings (SSSR count). The van der Waals surface area contributed by atoms with E-state index in [0.717, 1.165) is 0 Å². The van der Waals surface area contributed by atoms with Crippen LogP contribution in [0.25, 0.3) is 0 Å². The molecule has 1 saturated carbocycles. The summed E-state index contributed by atoms with van der Waals surface area (Å²) in [4.78, 5) is 23.2. The number of carbonyl (C=O) groups is 2.